The molecule has 1 radical (unpaired) electrons. The lowest BCUT2D eigenvalue weighted by Crippen LogP contribution is -1.94. The highest BCUT2D eigenvalue weighted by Gasteiger charge is 1.98. The van der Waals surface area contributed by atoms with Crippen LogP contribution in [0.25, 0.3) is 0 Å². The first-order valence-corrected chi connectivity index (χ1v) is 2.86. The molecule has 1 rings (SSSR count). The van der Waals surface area contributed by atoms with Gasteiger partial charge in [0.25, 0.3) is 0 Å². The van der Waals surface area contributed by atoms with Crippen molar-refractivity contribution in [3.05, 3.63) is 18.2 Å². The first-order valence-electron chi connectivity index (χ1n) is 2.86. The van der Waals surface area contributed by atoms with Crippen LogP contribution in [0.1, 0.15) is 25.5 Å². The van der Waals surface area contributed by atoms with Gasteiger partial charge in [0.05, 0.1) is 5.69 Å². The Bertz CT molecular complexity index is 171. The van der Waals surface area contributed by atoms with E-state index in [0.717, 1.165) is 5.69 Å². The summed E-state index contributed by atoms with van der Waals surface area (Å²) in [4.78, 5) is 3.95. The number of hydrogen-bond acceptors (Lipinski definition) is 3. The summed E-state index contributed by atoms with van der Waals surface area (Å²) < 4.78 is 0. The maximum absolute atomic E-state index is 3.95. The van der Waals surface area contributed by atoms with Crippen LogP contribution < -0.4 is 0 Å². The van der Waals surface area contributed by atoms with E-state index in [2.05, 4.69) is 21.4 Å². The van der Waals surface area contributed by atoms with E-state index < -0.39 is 0 Å². The molecule has 0 spiro atoms. The summed E-state index contributed by atoms with van der Waals surface area (Å²) in [6.45, 7) is 4.08. The molecule has 0 saturated heterocycles. The molecule has 9 heavy (non-hydrogen) atoms. The number of nitrogens with zero attached hydrogens (tertiary/aromatic N) is 3. The number of rotatable bonds is 1. The molecule has 0 amide bonds. The second kappa shape index (κ2) is 2.53. The SMILES string of the molecule is CC(C)c1[c]nncn1. The predicted molar refractivity (Wildman–Crippen MR) is 32.8 cm³/mol. The summed E-state index contributed by atoms with van der Waals surface area (Å²) >= 11 is 0. The molecule has 0 bridgehead atoms. The average Bonchev–Trinajstić information content (AvgIpc) is 1.90. The molecule has 0 atom stereocenters. The van der Waals surface area contributed by atoms with Gasteiger partial charge in [0, 0.05) is 0 Å². The highest BCUT2D eigenvalue weighted by atomic mass is 15.1. The Morgan fingerprint density at radius 3 is 2.67 bits per heavy atom. The topological polar surface area (TPSA) is 38.7 Å². The number of hydrogen-bond donors (Lipinski definition) is 0. The highest BCUT2D eigenvalue weighted by Crippen LogP contribution is 2.05. The van der Waals surface area contributed by atoms with Gasteiger partial charge < -0.3 is 0 Å². The third-order valence-electron chi connectivity index (χ3n) is 1.02. The zero-order valence-electron chi connectivity index (χ0n) is 5.50. The minimum absolute atomic E-state index is 0.389. The van der Waals surface area contributed by atoms with Crippen LogP contribution in [-0.2, 0) is 0 Å². The van der Waals surface area contributed by atoms with Crippen molar-refractivity contribution in [3.8, 4) is 0 Å². The van der Waals surface area contributed by atoms with Gasteiger partial charge in [-0.3, -0.25) is 0 Å². The van der Waals surface area contributed by atoms with E-state index in [9.17, 15) is 0 Å². The van der Waals surface area contributed by atoms with Crippen LogP contribution in [0.5, 0.6) is 0 Å². The van der Waals surface area contributed by atoms with Crippen molar-refractivity contribution >= 4 is 0 Å². The van der Waals surface area contributed by atoms with Gasteiger partial charge in [-0.25, -0.2) is 4.98 Å². The van der Waals surface area contributed by atoms with Crippen LogP contribution in [0, 0.1) is 6.20 Å². The fraction of sp³-hybridized carbons (Fsp3) is 0.500. The lowest BCUT2D eigenvalue weighted by molar-refractivity contribution is 0.780. The third-order valence-corrected chi connectivity index (χ3v) is 1.02. The molecule has 0 aliphatic heterocycles. The Morgan fingerprint density at radius 1 is 1.56 bits per heavy atom. The maximum atomic E-state index is 3.95. The van der Waals surface area contributed by atoms with Gasteiger partial charge in [0.2, 0.25) is 0 Å². The van der Waals surface area contributed by atoms with Crippen molar-refractivity contribution in [1.82, 2.24) is 15.2 Å². The minimum atomic E-state index is 0.389. The first-order chi connectivity index (χ1) is 4.30. The molecule has 3 heteroatoms. The van der Waals surface area contributed by atoms with Crippen molar-refractivity contribution in [2.45, 2.75) is 19.8 Å². The van der Waals surface area contributed by atoms with E-state index in [0.29, 0.717) is 5.92 Å². The van der Waals surface area contributed by atoms with Gasteiger partial charge in [-0.1, -0.05) is 13.8 Å². The van der Waals surface area contributed by atoms with Gasteiger partial charge in [-0.05, 0) is 5.92 Å². The van der Waals surface area contributed by atoms with Crippen LogP contribution in [0.15, 0.2) is 6.33 Å². The summed E-state index contributed by atoms with van der Waals surface area (Å²) in [6.07, 6.45) is 4.13. The van der Waals surface area contributed by atoms with Gasteiger partial charge in [-0.15, -0.1) is 10.2 Å². The highest BCUT2D eigenvalue weighted by molar-refractivity contribution is 4.95. The zero-order chi connectivity index (χ0) is 6.69. The molecule has 1 heterocycles. The van der Waals surface area contributed by atoms with Gasteiger partial charge in [0.15, 0.2) is 0 Å². The quantitative estimate of drug-likeness (QED) is 0.553. The predicted octanol–water partition coefficient (Wildman–Crippen LogP) is 0.795. The molecule has 0 aliphatic rings. The molecule has 0 aliphatic carbocycles. The molecule has 0 saturated carbocycles. The zero-order valence-corrected chi connectivity index (χ0v) is 5.50. The van der Waals surface area contributed by atoms with E-state index >= 15 is 0 Å². The molecule has 0 aromatic carbocycles. The van der Waals surface area contributed by atoms with E-state index in [4.69, 9.17) is 0 Å². The molecular formula is C6H8N3. The van der Waals surface area contributed by atoms with Crippen LogP contribution in [0.3, 0.4) is 0 Å². The summed E-state index contributed by atoms with van der Waals surface area (Å²) in [7, 11) is 0. The van der Waals surface area contributed by atoms with E-state index in [1.807, 2.05) is 13.8 Å². The molecular weight excluding hydrogens is 114 g/mol. The van der Waals surface area contributed by atoms with Crippen molar-refractivity contribution in [1.29, 1.82) is 0 Å². The Hall–Kier alpha value is -0.990. The van der Waals surface area contributed by atoms with Crippen LogP contribution in [0.4, 0.5) is 0 Å². The molecule has 1 aromatic heterocycles. The summed E-state index contributed by atoms with van der Waals surface area (Å²) in [5, 5.41) is 7.08. The Kier molecular flexibility index (Phi) is 1.72. The normalized spacial score (nSPS) is 10.1. The monoisotopic (exact) mass is 122 g/mol. The molecule has 0 N–H and O–H groups in total. The van der Waals surface area contributed by atoms with E-state index in [1.54, 1.807) is 0 Å². The molecule has 0 fully saturated rings. The number of aromatic nitrogens is 3. The molecule has 47 valence electrons. The van der Waals surface area contributed by atoms with Crippen molar-refractivity contribution < 1.29 is 0 Å². The maximum Gasteiger partial charge on any atom is 0.138 e. The standard InChI is InChI=1S/C6H8N3/c1-5(2)6-3-8-9-4-7-6/h4-5H,1-2H3. The van der Waals surface area contributed by atoms with E-state index in [-0.39, 0.29) is 0 Å². The van der Waals surface area contributed by atoms with E-state index in [1.165, 1.54) is 6.33 Å². The summed E-state index contributed by atoms with van der Waals surface area (Å²) in [5.74, 6) is 0.389. The minimum Gasteiger partial charge on any atom is -0.237 e. The Labute approximate surface area is 54.2 Å². The van der Waals surface area contributed by atoms with Crippen LogP contribution in [-0.4, -0.2) is 15.2 Å². The fourth-order valence-electron chi connectivity index (χ4n) is 0.501. The van der Waals surface area contributed by atoms with Crippen LogP contribution >= 0.6 is 0 Å². The lowest BCUT2D eigenvalue weighted by Gasteiger charge is -1.97. The largest absolute Gasteiger partial charge is 0.237 e. The van der Waals surface area contributed by atoms with Crippen molar-refractivity contribution in [2.24, 2.45) is 0 Å². The van der Waals surface area contributed by atoms with Crippen molar-refractivity contribution in [2.75, 3.05) is 0 Å². The second-order valence-corrected chi connectivity index (χ2v) is 2.11. The van der Waals surface area contributed by atoms with Gasteiger partial charge >= 0.3 is 0 Å². The smallest absolute Gasteiger partial charge is 0.138 e. The second-order valence-electron chi connectivity index (χ2n) is 2.11. The fourth-order valence-corrected chi connectivity index (χ4v) is 0.501. The molecule has 3 nitrogen and oxygen atoms in total. The summed E-state index contributed by atoms with van der Waals surface area (Å²) in [5.41, 5.74) is 0.866. The summed E-state index contributed by atoms with van der Waals surface area (Å²) in [6, 6.07) is 0. The van der Waals surface area contributed by atoms with Crippen LogP contribution in [0.2, 0.25) is 0 Å². The third kappa shape index (κ3) is 1.45. The molecule has 1 aromatic rings. The molecule has 0 unspecified atom stereocenters. The van der Waals surface area contributed by atoms with Gasteiger partial charge in [-0.2, -0.15) is 0 Å². The van der Waals surface area contributed by atoms with Gasteiger partial charge in [0.1, 0.15) is 12.5 Å². The lowest BCUT2D eigenvalue weighted by atomic mass is 10.1. The average molecular weight is 122 g/mol. The first kappa shape index (κ1) is 6.13. The Balaban J connectivity index is 2.85. The van der Waals surface area contributed by atoms with Crippen molar-refractivity contribution in [3.63, 3.8) is 0 Å². The Morgan fingerprint density at radius 2 is 2.33 bits per heavy atom.